The average Bonchev–Trinajstić information content (AvgIpc) is 2.95. The molecule has 0 saturated carbocycles. The van der Waals surface area contributed by atoms with Gasteiger partial charge >= 0.3 is 0 Å². The first-order valence-corrected chi connectivity index (χ1v) is 9.72. The molecule has 0 spiro atoms. The number of carbonyl (C=O) groups is 1. The Morgan fingerprint density at radius 1 is 1.39 bits per heavy atom. The van der Waals surface area contributed by atoms with Crippen molar-refractivity contribution in [2.45, 2.75) is 25.3 Å². The first-order valence-electron chi connectivity index (χ1n) is 7.44. The molecule has 1 aromatic heterocycles. The topological polar surface area (TPSA) is 45.2 Å². The molecule has 0 bridgehead atoms. The Balaban J connectivity index is 2.05. The zero-order valence-corrected chi connectivity index (χ0v) is 15.6. The number of thiazole rings is 1. The quantitative estimate of drug-likeness (QED) is 0.833. The summed E-state index contributed by atoms with van der Waals surface area (Å²) >= 11 is 3.40. The van der Waals surface area contributed by atoms with Crippen LogP contribution in [-0.2, 0) is 17.1 Å². The van der Waals surface area contributed by atoms with Crippen molar-refractivity contribution in [2.24, 2.45) is 0 Å². The van der Waals surface area contributed by atoms with Crippen LogP contribution in [0.1, 0.15) is 27.9 Å². The fraction of sp³-hybridized carbons (Fsp3) is 0.412. The van der Waals surface area contributed by atoms with Gasteiger partial charge in [-0.2, -0.15) is 11.8 Å². The van der Waals surface area contributed by atoms with E-state index in [0.29, 0.717) is 6.54 Å². The number of rotatable bonds is 7. The molecule has 1 atom stereocenters. The van der Waals surface area contributed by atoms with Gasteiger partial charge in [-0.05, 0) is 38.4 Å². The van der Waals surface area contributed by atoms with Gasteiger partial charge in [-0.3, -0.25) is 9.69 Å². The van der Waals surface area contributed by atoms with Crippen molar-refractivity contribution in [2.75, 3.05) is 20.4 Å². The Kier molecular flexibility index (Phi) is 6.62. The lowest BCUT2D eigenvalue weighted by Gasteiger charge is -2.25. The highest BCUT2D eigenvalue weighted by molar-refractivity contribution is 7.97. The van der Waals surface area contributed by atoms with Crippen molar-refractivity contribution in [3.05, 3.63) is 51.5 Å². The number of likely N-dealkylation sites (N-methyl/N-ethyl adjacent to an activating group) is 1. The van der Waals surface area contributed by atoms with Gasteiger partial charge in [0.05, 0.1) is 12.2 Å². The highest BCUT2D eigenvalue weighted by Crippen LogP contribution is 2.22. The van der Waals surface area contributed by atoms with E-state index in [1.165, 1.54) is 0 Å². The van der Waals surface area contributed by atoms with Gasteiger partial charge in [-0.15, -0.1) is 11.3 Å². The molecule has 1 aromatic carbocycles. The van der Waals surface area contributed by atoms with E-state index in [2.05, 4.69) is 16.6 Å². The van der Waals surface area contributed by atoms with Crippen molar-refractivity contribution >= 4 is 29.0 Å². The Morgan fingerprint density at radius 2 is 2.13 bits per heavy atom. The maximum atomic E-state index is 12.7. The smallest absolute Gasteiger partial charge is 0.242 e. The predicted molar refractivity (Wildman–Crippen MR) is 98.8 cm³/mol. The lowest BCUT2D eigenvalue weighted by atomic mass is 10.00. The first-order chi connectivity index (χ1) is 11.0. The summed E-state index contributed by atoms with van der Waals surface area (Å²) in [5.41, 5.74) is 3.09. The Morgan fingerprint density at radius 3 is 2.78 bits per heavy atom. The normalized spacial score (nSPS) is 12.4. The number of nitrogens with one attached hydrogen (secondary N) is 1. The van der Waals surface area contributed by atoms with Gasteiger partial charge in [0.15, 0.2) is 0 Å². The number of benzene rings is 1. The number of amides is 1. The van der Waals surface area contributed by atoms with Crippen molar-refractivity contribution < 1.29 is 4.79 Å². The third-order valence-corrected chi connectivity index (χ3v) is 5.20. The van der Waals surface area contributed by atoms with E-state index in [4.69, 9.17) is 0 Å². The zero-order valence-electron chi connectivity index (χ0n) is 14.0. The van der Waals surface area contributed by atoms with Crippen molar-refractivity contribution in [3.8, 4) is 0 Å². The maximum absolute atomic E-state index is 12.7. The van der Waals surface area contributed by atoms with Crippen LogP contribution in [0.25, 0.3) is 0 Å². The van der Waals surface area contributed by atoms with E-state index < -0.39 is 0 Å². The van der Waals surface area contributed by atoms with Gasteiger partial charge < -0.3 is 5.32 Å². The summed E-state index contributed by atoms with van der Waals surface area (Å²) in [6.45, 7) is 2.51. The van der Waals surface area contributed by atoms with Gasteiger partial charge in [0.1, 0.15) is 11.0 Å². The molecule has 2 rings (SSSR count). The molecule has 0 radical (unpaired) electrons. The number of hydrogen-bond acceptors (Lipinski definition) is 5. The molecule has 0 fully saturated rings. The molecule has 0 aliphatic rings. The summed E-state index contributed by atoms with van der Waals surface area (Å²) in [4.78, 5) is 19.1. The monoisotopic (exact) mass is 349 g/mol. The van der Waals surface area contributed by atoms with Crippen LogP contribution in [0.15, 0.2) is 29.6 Å². The zero-order chi connectivity index (χ0) is 16.8. The minimum atomic E-state index is -0.291. The Bertz CT molecular complexity index is 655. The molecule has 1 unspecified atom stereocenters. The van der Waals surface area contributed by atoms with Gasteiger partial charge in [-0.1, -0.05) is 24.3 Å². The van der Waals surface area contributed by atoms with Crippen LogP contribution in [0.5, 0.6) is 0 Å². The fourth-order valence-corrected chi connectivity index (χ4v) is 3.96. The van der Waals surface area contributed by atoms with Crippen LogP contribution in [0.3, 0.4) is 0 Å². The fourth-order valence-electron chi connectivity index (χ4n) is 2.44. The molecule has 1 amide bonds. The second-order valence-corrected chi connectivity index (χ2v) is 7.41. The molecule has 0 aliphatic carbocycles. The summed E-state index contributed by atoms with van der Waals surface area (Å²) < 4.78 is 0. The number of thioether (sulfide) groups is 1. The first kappa shape index (κ1) is 18.0. The molecular weight excluding hydrogens is 326 g/mol. The second-order valence-electron chi connectivity index (χ2n) is 5.61. The lowest BCUT2D eigenvalue weighted by molar-refractivity contribution is -0.126. The van der Waals surface area contributed by atoms with E-state index in [1.807, 2.05) is 55.6 Å². The van der Waals surface area contributed by atoms with Crippen molar-refractivity contribution in [3.63, 3.8) is 0 Å². The number of nitrogens with zero attached hydrogens (tertiary/aromatic N) is 2. The lowest BCUT2D eigenvalue weighted by Crippen LogP contribution is -2.37. The van der Waals surface area contributed by atoms with E-state index in [0.717, 1.165) is 27.6 Å². The summed E-state index contributed by atoms with van der Waals surface area (Å²) in [6.07, 6.45) is 2.06. The Labute approximate surface area is 146 Å². The molecule has 124 valence electrons. The summed E-state index contributed by atoms with van der Waals surface area (Å²) in [7, 11) is 3.85. The molecule has 6 heteroatoms. The highest BCUT2D eigenvalue weighted by Gasteiger charge is 2.24. The predicted octanol–water partition coefficient (Wildman–Crippen LogP) is 3.23. The van der Waals surface area contributed by atoms with Crippen molar-refractivity contribution in [1.82, 2.24) is 15.2 Å². The number of carbonyl (C=O) groups excluding carboxylic acids is 1. The van der Waals surface area contributed by atoms with Crippen LogP contribution in [-0.4, -0.2) is 36.1 Å². The average molecular weight is 350 g/mol. The molecule has 4 nitrogen and oxygen atoms in total. The largest absolute Gasteiger partial charge is 0.349 e. The third-order valence-electron chi connectivity index (χ3n) is 3.56. The third kappa shape index (κ3) is 4.80. The van der Waals surface area contributed by atoms with Gasteiger partial charge in [0.25, 0.3) is 0 Å². The highest BCUT2D eigenvalue weighted by atomic mass is 32.2. The number of aromatic nitrogens is 1. The second kappa shape index (κ2) is 8.47. The molecule has 0 saturated heterocycles. The van der Waals surface area contributed by atoms with Gasteiger partial charge in [-0.25, -0.2) is 4.98 Å². The minimum absolute atomic E-state index is 0.00344. The molecular formula is C17H23N3OS2. The molecule has 23 heavy (non-hydrogen) atoms. The molecule has 2 aromatic rings. The number of hydrogen-bond donors (Lipinski definition) is 1. The van der Waals surface area contributed by atoms with E-state index in [9.17, 15) is 4.79 Å². The Hall–Kier alpha value is -1.37. The van der Waals surface area contributed by atoms with E-state index in [-0.39, 0.29) is 11.9 Å². The van der Waals surface area contributed by atoms with E-state index >= 15 is 0 Å². The summed E-state index contributed by atoms with van der Waals surface area (Å²) in [6, 6.07) is 7.72. The SMILES string of the molecule is CSCc1nc(CNC(=O)C(c2ccccc2C)N(C)C)cs1. The maximum Gasteiger partial charge on any atom is 0.242 e. The van der Waals surface area contributed by atoms with Crippen LogP contribution < -0.4 is 5.32 Å². The number of aryl methyl sites for hydroxylation is 1. The standard InChI is InChI=1S/C17H23N3OS2/c1-12-7-5-6-8-14(12)16(20(2)3)17(21)18-9-13-10-23-15(19-13)11-22-4/h5-8,10,16H,9,11H2,1-4H3,(H,18,21). The minimum Gasteiger partial charge on any atom is -0.349 e. The van der Waals surface area contributed by atoms with Crippen LogP contribution in [0.4, 0.5) is 0 Å². The summed E-state index contributed by atoms with van der Waals surface area (Å²) in [5, 5.41) is 6.14. The van der Waals surface area contributed by atoms with E-state index in [1.54, 1.807) is 23.1 Å². The van der Waals surface area contributed by atoms with Crippen LogP contribution in [0, 0.1) is 6.92 Å². The molecule has 0 aliphatic heterocycles. The summed E-state index contributed by atoms with van der Waals surface area (Å²) in [5.74, 6) is 0.922. The van der Waals surface area contributed by atoms with Gasteiger partial charge in [0.2, 0.25) is 5.91 Å². The van der Waals surface area contributed by atoms with Gasteiger partial charge in [0, 0.05) is 11.1 Å². The van der Waals surface area contributed by atoms with Crippen LogP contribution in [0.2, 0.25) is 0 Å². The molecule has 1 N–H and O–H groups in total. The van der Waals surface area contributed by atoms with Crippen LogP contribution >= 0.6 is 23.1 Å². The molecule has 1 heterocycles. The van der Waals surface area contributed by atoms with Crippen molar-refractivity contribution in [1.29, 1.82) is 0 Å².